The third-order valence-electron chi connectivity index (χ3n) is 2.32. The zero-order chi connectivity index (χ0) is 14.5. The number of pyridine rings is 1. The van der Waals surface area contributed by atoms with E-state index in [1.165, 1.54) is 17.5 Å². The van der Waals surface area contributed by atoms with Crippen molar-refractivity contribution in [2.24, 2.45) is 0 Å². The highest BCUT2D eigenvalue weighted by Crippen LogP contribution is 2.18. The molecule has 2 N–H and O–H groups in total. The minimum Gasteiger partial charge on any atom is -0.266 e. The number of hydrogen-bond donors (Lipinski definition) is 2. The van der Waals surface area contributed by atoms with Crippen molar-refractivity contribution in [1.29, 1.82) is 0 Å². The highest BCUT2D eigenvalue weighted by molar-refractivity contribution is 7.13. The van der Waals surface area contributed by atoms with Crippen LogP contribution in [0.15, 0.2) is 24.4 Å². The number of carbonyl (C=O) groups excluding carboxylic acids is 2. The number of nitrogens with zero attached hydrogens (tertiary/aromatic N) is 3. The normalized spacial score (nSPS) is 10.3. The van der Waals surface area contributed by atoms with Crippen LogP contribution in [0.2, 0.25) is 0 Å². The molecule has 0 atom stereocenters. The van der Waals surface area contributed by atoms with Gasteiger partial charge in [-0.05, 0) is 12.1 Å². The molecule has 20 heavy (non-hydrogen) atoms. The Bertz CT molecular complexity index is 611. The predicted octanol–water partition coefficient (Wildman–Crippen LogP) is 1.13. The second-order valence-electron chi connectivity index (χ2n) is 4.22. The second kappa shape index (κ2) is 6.20. The van der Waals surface area contributed by atoms with E-state index >= 15 is 0 Å². The van der Waals surface area contributed by atoms with Crippen LogP contribution in [0.1, 0.15) is 45.1 Å². The smallest absolute Gasteiger partial charge is 0.266 e. The van der Waals surface area contributed by atoms with Crippen molar-refractivity contribution in [3.63, 3.8) is 0 Å². The van der Waals surface area contributed by atoms with Crippen LogP contribution in [0.5, 0.6) is 0 Å². The van der Waals surface area contributed by atoms with Gasteiger partial charge in [-0.1, -0.05) is 31.3 Å². The Morgan fingerprint density at radius 1 is 1.15 bits per heavy atom. The maximum absolute atomic E-state index is 11.8. The quantitative estimate of drug-likeness (QED) is 0.826. The molecule has 2 amide bonds. The summed E-state index contributed by atoms with van der Waals surface area (Å²) in [4.78, 5) is 27.3. The zero-order valence-corrected chi connectivity index (χ0v) is 11.8. The van der Waals surface area contributed by atoms with E-state index in [1.807, 2.05) is 13.8 Å². The first-order chi connectivity index (χ1) is 9.58. The molecule has 0 spiro atoms. The van der Waals surface area contributed by atoms with E-state index in [0.29, 0.717) is 0 Å². The molecular formula is C12H13N5O2S. The number of rotatable bonds is 3. The van der Waals surface area contributed by atoms with Crippen LogP contribution in [0.25, 0.3) is 0 Å². The van der Waals surface area contributed by atoms with Gasteiger partial charge in [0, 0.05) is 12.1 Å². The largest absolute Gasteiger partial charge is 0.300 e. The van der Waals surface area contributed by atoms with E-state index < -0.39 is 11.8 Å². The van der Waals surface area contributed by atoms with Gasteiger partial charge in [0.15, 0.2) is 0 Å². The molecule has 7 nitrogen and oxygen atoms in total. The van der Waals surface area contributed by atoms with Gasteiger partial charge in [0.25, 0.3) is 5.91 Å². The third-order valence-corrected chi connectivity index (χ3v) is 3.54. The first kappa shape index (κ1) is 14.1. The van der Waals surface area contributed by atoms with Crippen molar-refractivity contribution in [2.75, 3.05) is 0 Å². The molecule has 0 saturated carbocycles. The van der Waals surface area contributed by atoms with Crippen molar-refractivity contribution < 1.29 is 9.59 Å². The molecule has 0 aliphatic rings. The van der Waals surface area contributed by atoms with Gasteiger partial charge in [-0.2, -0.15) is 0 Å². The maximum atomic E-state index is 11.8. The van der Waals surface area contributed by atoms with E-state index in [1.54, 1.807) is 18.2 Å². The van der Waals surface area contributed by atoms with Crippen LogP contribution < -0.4 is 10.9 Å². The Morgan fingerprint density at radius 3 is 2.50 bits per heavy atom. The number of hydrogen-bond acceptors (Lipinski definition) is 6. The Morgan fingerprint density at radius 2 is 1.90 bits per heavy atom. The van der Waals surface area contributed by atoms with Gasteiger partial charge >= 0.3 is 5.91 Å². The van der Waals surface area contributed by atoms with Crippen LogP contribution in [0.4, 0.5) is 0 Å². The fourth-order valence-electron chi connectivity index (χ4n) is 1.29. The highest BCUT2D eigenvalue weighted by atomic mass is 32.1. The third kappa shape index (κ3) is 3.35. The Labute approximate surface area is 119 Å². The van der Waals surface area contributed by atoms with Gasteiger partial charge in [-0.15, -0.1) is 10.2 Å². The van der Waals surface area contributed by atoms with Crippen LogP contribution >= 0.6 is 11.3 Å². The summed E-state index contributed by atoms with van der Waals surface area (Å²) in [5.74, 6) is -0.789. The summed E-state index contributed by atoms with van der Waals surface area (Å²) in [6.45, 7) is 3.93. The average Bonchev–Trinajstić information content (AvgIpc) is 2.95. The summed E-state index contributed by atoms with van der Waals surface area (Å²) in [6.07, 6.45) is 1.50. The monoisotopic (exact) mass is 291 g/mol. The predicted molar refractivity (Wildman–Crippen MR) is 73.2 cm³/mol. The standard InChI is InChI=1S/C12H13N5O2S/c1-7(2)11-16-17-12(20-11)10(19)15-14-9(18)8-5-3-4-6-13-8/h3-7H,1-2H3,(H,14,18)(H,15,19). The molecule has 0 unspecified atom stereocenters. The summed E-state index contributed by atoms with van der Waals surface area (Å²) < 4.78 is 0. The Hall–Kier alpha value is -2.35. The van der Waals surface area contributed by atoms with Crippen molar-refractivity contribution in [3.05, 3.63) is 40.1 Å². The fourth-order valence-corrected chi connectivity index (χ4v) is 2.03. The van der Waals surface area contributed by atoms with Crippen LogP contribution in [0, 0.1) is 0 Å². The van der Waals surface area contributed by atoms with Crippen molar-refractivity contribution in [1.82, 2.24) is 26.0 Å². The lowest BCUT2D eigenvalue weighted by Crippen LogP contribution is -2.41. The molecule has 0 saturated heterocycles. The van der Waals surface area contributed by atoms with Crippen LogP contribution in [0.3, 0.4) is 0 Å². The molecule has 2 heterocycles. The molecule has 0 aromatic carbocycles. The number of carbonyl (C=O) groups is 2. The average molecular weight is 291 g/mol. The second-order valence-corrected chi connectivity index (χ2v) is 5.23. The molecular weight excluding hydrogens is 278 g/mol. The van der Waals surface area contributed by atoms with E-state index in [0.717, 1.165) is 5.01 Å². The van der Waals surface area contributed by atoms with Gasteiger partial charge in [-0.3, -0.25) is 25.4 Å². The van der Waals surface area contributed by atoms with Gasteiger partial charge in [-0.25, -0.2) is 0 Å². The van der Waals surface area contributed by atoms with Crippen LogP contribution in [-0.2, 0) is 0 Å². The maximum Gasteiger partial charge on any atom is 0.300 e. The summed E-state index contributed by atoms with van der Waals surface area (Å²) in [6, 6.07) is 4.93. The molecule has 2 rings (SSSR count). The molecule has 0 aliphatic heterocycles. The lowest BCUT2D eigenvalue weighted by molar-refractivity contribution is 0.0843. The lowest BCUT2D eigenvalue weighted by Gasteiger charge is -2.04. The zero-order valence-electron chi connectivity index (χ0n) is 11.0. The molecule has 0 fully saturated rings. The molecule has 0 aliphatic carbocycles. The first-order valence-corrected chi connectivity index (χ1v) is 6.74. The van der Waals surface area contributed by atoms with Gasteiger partial charge in [0.05, 0.1) is 0 Å². The molecule has 2 aromatic heterocycles. The first-order valence-electron chi connectivity index (χ1n) is 5.93. The number of aromatic nitrogens is 3. The highest BCUT2D eigenvalue weighted by Gasteiger charge is 2.15. The van der Waals surface area contributed by atoms with E-state index in [9.17, 15) is 9.59 Å². The van der Waals surface area contributed by atoms with Crippen molar-refractivity contribution >= 4 is 23.2 Å². The summed E-state index contributed by atoms with van der Waals surface area (Å²) in [7, 11) is 0. The van der Waals surface area contributed by atoms with Gasteiger partial charge in [0.1, 0.15) is 10.7 Å². The molecule has 2 aromatic rings. The summed E-state index contributed by atoms with van der Waals surface area (Å²) in [5, 5.41) is 8.66. The van der Waals surface area contributed by atoms with Crippen LogP contribution in [-0.4, -0.2) is 27.0 Å². The Balaban J connectivity index is 1.93. The topological polar surface area (TPSA) is 96.9 Å². The number of nitrogens with one attached hydrogen (secondary N) is 2. The van der Waals surface area contributed by atoms with Crippen molar-refractivity contribution in [2.45, 2.75) is 19.8 Å². The van der Waals surface area contributed by atoms with E-state index in [2.05, 4.69) is 26.0 Å². The fraction of sp³-hybridized carbons (Fsp3) is 0.250. The molecule has 0 bridgehead atoms. The lowest BCUT2D eigenvalue weighted by atomic mass is 10.2. The summed E-state index contributed by atoms with van der Waals surface area (Å²) in [5.41, 5.74) is 4.77. The van der Waals surface area contributed by atoms with Crippen molar-refractivity contribution in [3.8, 4) is 0 Å². The molecule has 8 heteroatoms. The van der Waals surface area contributed by atoms with E-state index in [4.69, 9.17) is 0 Å². The molecule has 0 radical (unpaired) electrons. The van der Waals surface area contributed by atoms with Gasteiger partial charge in [0.2, 0.25) is 5.01 Å². The minimum absolute atomic E-state index is 0.204. The SMILES string of the molecule is CC(C)c1nnc(C(=O)NNC(=O)c2ccccn2)s1. The van der Waals surface area contributed by atoms with Gasteiger partial charge < -0.3 is 0 Å². The number of amides is 2. The Kier molecular flexibility index (Phi) is 4.36. The minimum atomic E-state index is -0.501. The molecule has 104 valence electrons. The van der Waals surface area contributed by atoms with E-state index in [-0.39, 0.29) is 16.6 Å². The summed E-state index contributed by atoms with van der Waals surface area (Å²) >= 11 is 1.20. The number of hydrazine groups is 1.